The van der Waals surface area contributed by atoms with Gasteiger partial charge in [0.2, 0.25) is 0 Å². The van der Waals surface area contributed by atoms with E-state index >= 15 is 0 Å². The second-order valence-electron chi connectivity index (χ2n) is 4.77. The maximum absolute atomic E-state index is 11.9. The Kier molecular flexibility index (Phi) is 5.91. The monoisotopic (exact) mass is 257 g/mol. The molecule has 1 aliphatic heterocycles. The van der Waals surface area contributed by atoms with Crippen molar-refractivity contribution in [2.45, 2.75) is 32.2 Å². The number of nitrogens with zero attached hydrogens (tertiary/aromatic N) is 2. The zero-order valence-corrected chi connectivity index (χ0v) is 11.2. The van der Waals surface area contributed by atoms with Gasteiger partial charge in [0.05, 0.1) is 0 Å². The van der Waals surface area contributed by atoms with Crippen LogP contribution in [0.2, 0.25) is 0 Å². The van der Waals surface area contributed by atoms with E-state index in [1.165, 1.54) is 0 Å². The number of urea groups is 1. The van der Waals surface area contributed by atoms with Gasteiger partial charge in [-0.15, -0.1) is 0 Å². The Hall–Kier alpha value is -1.30. The molecule has 0 spiro atoms. The van der Waals surface area contributed by atoms with Crippen LogP contribution < -0.4 is 5.32 Å². The van der Waals surface area contributed by atoms with Crippen LogP contribution in [0.15, 0.2) is 0 Å². The van der Waals surface area contributed by atoms with Gasteiger partial charge in [0.1, 0.15) is 6.04 Å². The highest BCUT2D eigenvalue weighted by molar-refractivity contribution is 5.82. The van der Waals surface area contributed by atoms with Crippen LogP contribution in [0.5, 0.6) is 0 Å². The van der Waals surface area contributed by atoms with E-state index in [0.29, 0.717) is 19.5 Å². The number of hydrogen-bond donors (Lipinski definition) is 2. The van der Waals surface area contributed by atoms with Gasteiger partial charge in [-0.05, 0) is 13.5 Å². The number of carbonyl (C=O) groups excluding carboxylic acids is 1. The van der Waals surface area contributed by atoms with E-state index in [4.69, 9.17) is 5.11 Å². The summed E-state index contributed by atoms with van der Waals surface area (Å²) in [6.07, 6.45) is 2.22. The number of unbranched alkanes of at least 4 members (excludes halogenated alkanes) is 1. The van der Waals surface area contributed by atoms with Crippen LogP contribution in [-0.2, 0) is 4.79 Å². The first-order valence-electron chi connectivity index (χ1n) is 6.51. The molecule has 6 heteroatoms. The Morgan fingerprint density at radius 3 is 2.39 bits per heavy atom. The van der Waals surface area contributed by atoms with E-state index in [-0.39, 0.29) is 6.03 Å². The number of hydrogen-bond acceptors (Lipinski definition) is 3. The summed E-state index contributed by atoms with van der Waals surface area (Å²) in [4.78, 5) is 26.8. The van der Waals surface area contributed by atoms with Gasteiger partial charge in [-0.1, -0.05) is 19.8 Å². The van der Waals surface area contributed by atoms with Crippen LogP contribution in [0.4, 0.5) is 4.79 Å². The molecule has 2 amide bonds. The van der Waals surface area contributed by atoms with Crippen LogP contribution in [0.25, 0.3) is 0 Å². The van der Waals surface area contributed by atoms with E-state index < -0.39 is 12.0 Å². The zero-order valence-electron chi connectivity index (χ0n) is 11.2. The molecule has 0 radical (unpaired) electrons. The van der Waals surface area contributed by atoms with E-state index in [9.17, 15) is 9.59 Å². The van der Waals surface area contributed by atoms with Gasteiger partial charge in [0, 0.05) is 26.2 Å². The molecule has 0 aromatic carbocycles. The van der Waals surface area contributed by atoms with Crippen molar-refractivity contribution in [3.63, 3.8) is 0 Å². The number of aliphatic carboxylic acids is 1. The molecule has 0 aromatic rings. The number of rotatable bonds is 5. The summed E-state index contributed by atoms with van der Waals surface area (Å²) in [6, 6.07) is -1.02. The third kappa shape index (κ3) is 4.52. The molecule has 1 rings (SSSR count). The summed E-state index contributed by atoms with van der Waals surface area (Å²) in [5, 5.41) is 11.7. The van der Waals surface area contributed by atoms with Crippen LogP contribution in [-0.4, -0.2) is 66.2 Å². The Morgan fingerprint density at radius 1 is 1.28 bits per heavy atom. The molecule has 0 aromatic heterocycles. The minimum atomic E-state index is -0.953. The second-order valence-corrected chi connectivity index (χ2v) is 4.77. The first kappa shape index (κ1) is 14.8. The molecule has 1 unspecified atom stereocenters. The lowest BCUT2D eigenvalue weighted by molar-refractivity contribution is -0.139. The summed E-state index contributed by atoms with van der Waals surface area (Å²) in [5.74, 6) is -0.953. The van der Waals surface area contributed by atoms with E-state index in [0.717, 1.165) is 25.9 Å². The van der Waals surface area contributed by atoms with Crippen molar-refractivity contribution in [1.82, 2.24) is 15.1 Å². The molecular weight excluding hydrogens is 234 g/mol. The third-order valence-corrected chi connectivity index (χ3v) is 3.23. The number of likely N-dealkylation sites (N-methyl/N-ethyl adjacent to an activating group) is 1. The molecule has 6 nitrogen and oxygen atoms in total. The van der Waals surface area contributed by atoms with Gasteiger partial charge in [-0.2, -0.15) is 0 Å². The molecule has 1 atom stereocenters. The van der Waals surface area contributed by atoms with Crippen molar-refractivity contribution in [1.29, 1.82) is 0 Å². The van der Waals surface area contributed by atoms with Gasteiger partial charge in [0.25, 0.3) is 0 Å². The maximum atomic E-state index is 11.9. The minimum absolute atomic E-state index is 0.258. The fourth-order valence-corrected chi connectivity index (χ4v) is 1.92. The summed E-state index contributed by atoms with van der Waals surface area (Å²) in [5.41, 5.74) is 0. The van der Waals surface area contributed by atoms with E-state index in [2.05, 4.69) is 10.2 Å². The summed E-state index contributed by atoms with van der Waals surface area (Å²) in [7, 11) is 2.01. The van der Waals surface area contributed by atoms with Gasteiger partial charge in [0.15, 0.2) is 0 Å². The predicted molar refractivity (Wildman–Crippen MR) is 68.6 cm³/mol. The van der Waals surface area contributed by atoms with Gasteiger partial charge in [-0.3, -0.25) is 0 Å². The number of amides is 2. The van der Waals surface area contributed by atoms with Crippen molar-refractivity contribution in [3.8, 4) is 0 Å². The number of carboxylic acids is 1. The Labute approximate surface area is 108 Å². The van der Waals surface area contributed by atoms with Crippen molar-refractivity contribution < 1.29 is 14.7 Å². The van der Waals surface area contributed by atoms with Gasteiger partial charge in [-0.25, -0.2) is 9.59 Å². The normalized spacial score (nSPS) is 18.4. The van der Waals surface area contributed by atoms with Gasteiger partial charge < -0.3 is 20.2 Å². The van der Waals surface area contributed by atoms with Crippen molar-refractivity contribution >= 4 is 12.0 Å². The van der Waals surface area contributed by atoms with Crippen molar-refractivity contribution in [3.05, 3.63) is 0 Å². The Bertz CT molecular complexity index is 288. The smallest absolute Gasteiger partial charge is 0.326 e. The molecule has 2 N–H and O–H groups in total. The molecule has 18 heavy (non-hydrogen) atoms. The number of nitrogens with one attached hydrogen (secondary N) is 1. The maximum Gasteiger partial charge on any atom is 0.326 e. The first-order valence-corrected chi connectivity index (χ1v) is 6.51. The average molecular weight is 257 g/mol. The molecular formula is C12H23N3O3. The van der Waals surface area contributed by atoms with Crippen LogP contribution >= 0.6 is 0 Å². The lowest BCUT2D eigenvalue weighted by Crippen LogP contribution is -2.53. The van der Waals surface area contributed by atoms with Crippen LogP contribution in [0, 0.1) is 0 Å². The minimum Gasteiger partial charge on any atom is -0.480 e. The number of carbonyl (C=O) groups is 2. The number of carboxylic acid groups (broad SMARTS) is 1. The standard InChI is InChI=1S/C12H23N3O3/c1-3-4-5-10(11(16)17)13-12(18)15-8-6-14(2)7-9-15/h10H,3-9H2,1-2H3,(H,13,18)(H,16,17). The van der Waals surface area contributed by atoms with E-state index in [1.807, 2.05) is 14.0 Å². The number of piperazine rings is 1. The molecule has 1 fully saturated rings. The Balaban J connectivity index is 2.42. The Morgan fingerprint density at radius 2 is 1.89 bits per heavy atom. The average Bonchev–Trinajstić information content (AvgIpc) is 2.34. The molecule has 0 saturated carbocycles. The molecule has 104 valence electrons. The highest BCUT2D eigenvalue weighted by Gasteiger charge is 2.24. The zero-order chi connectivity index (χ0) is 13.5. The lowest BCUT2D eigenvalue weighted by atomic mass is 10.1. The summed E-state index contributed by atoms with van der Waals surface area (Å²) in [6.45, 7) is 4.98. The highest BCUT2D eigenvalue weighted by Crippen LogP contribution is 2.04. The molecule has 0 bridgehead atoms. The van der Waals surface area contributed by atoms with Crippen LogP contribution in [0.3, 0.4) is 0 Å². The topological polar surface area (TPSA) is 72.9 Å². The molecule has 1 aliphatic rings. The quantitative estimate of drug-likeness (QED) is 0.756. The fraction of sp³-hybridized carbons (Fsp3) is 0.833. The summed E-state index contributed by atoms with van der Waals surface area (Å²) >= 11 is 0. The summed E-state index contributed by atoms with van der Waals surface area (Å²) < 4.78 is 0. The van der Waals surface area contributed by atoms with Gasteiger partial charge >= 0.3 is 12.0 Å². The molecule has 0 aliphatic carbocycles. The SMILES string of the molecule is CCCCC(NC(=O)N1CCN(C)CC1)C(=O)O. The third-order valence-electron chi connectivity index (χ3n) is 3.23. The lowest BCUT2D eigenvalue weighted by Gasteiger charge is -2.33. The van der Waals surface area contributed by atoms with Crippen molar-refractivity contribution in [2.75, 3.05) is 33.2 Å². The fourth-order valence-electron chi connectivity index (χ4n) is 1.92. The first-order chi connectivity index (χ1) is 8.54. The van der Waals surface area contributed by atoms with Crippen LogP contribution in [0.1, 0.15) is 26.2 Å². The second kappa shape index (κ2) is 7.20. The van der Waals surface area contributed by atoms with Crippen molar-refractivity contribution in [2.24, 2.45) is 0 Å². The highest BCUT2D eigenvalue weighted by atomic mass is 16.4. The van der Waals surface area contributed by atoms with E-state index in [1.54, 1.807) is 4.90 Å². The molecule has 1 saturated heterocycles. The predicted octanol–water partition coefficient (Wildman–Crippen LogP) is 0.587. The largest absolute Gasteiger partial charge is 0.480 e. The molecule has 1 heterocycles.